The maximum atomic E-state index is 11.6. The first-order chi connectivity index (χ1) is 6.70. The van der Waals surface area contributed by atoms with Crippen LogP contribution in [-0.4, -0.2) is 25.1 Å². The Hall–Kier alpha value is -1.91. The summed E-state index contributed by atoms with van der Waals surface area (Å²) in [6.45, 7) is 0. The molecule has 0 bridgehead atoms. The molecule has 5 nitrogen and oxygen atoms in total. The van der Waals surface area contributed by atoms with E-state index in [1.807, 2.05) is 0 Å². The van der Waals surface area contributed by atoms with Crippen LogP contribution in [0.4, 0.5) is 4.79 Å². The van der Waals surface area contributed by atoms with Gasteiger partial charge in [-0.05, 0) is 0 Å². The largest absolute Gasteiger partial charge is 0.338 e. The van der Waals surface area contributed by atoms with Crippen molar-refractivity contribution < 1.29 is 7.54 Å². The third kappa shape index (κ3) is 1.01. The Balaban J connectivity index is 2.44. The van der Waals surface area contributed by atoms with Gasteiger partial charge >= 0.3 is 6.03 Å². The van der Waals surface area contributed by atoms with Crippen LogP contribution in [0.25, 0.3) is 0 Å². The van der Waals surface area contributed by atoms with Crippen LogP contribution in [0.2, 0.25) is 0 Å². The molecular weight excluding hydrogens is 156 g/mol. The van der Waals surface area contributed by atoms with Crippen LogP contribution in [0.5, 0.6) is 0 Å². The number of imidazole rings is 2. The zero-order chi connectivity index (χ0) is 10.1. The van der Waals surface area contributed by atoms with E-state index in [2.05, 4.69) is 9.97 Å². The van der Waals surface area contributed by atoms with Crippen LogP contribution < -0.4 is 0 Å². The van der Waals surface area contributed by atoms with Crippen molar-refractivity contribution in [2.24, 2.45) is 0 Å². The van der Waals surface area contributed by atoms with Crippen LogP contribution in [0, 0.1) is 0 Å². The van der Waals surface area contributed by atoms with Gasteiger partial charge in [0.1, 0.15) is 15.3 Å². The molecule has 5 heteroatoms. The smallest absolute Gasteiger partial charge is 0.257 e. The minimum Gasteiger partial charge on any atom is -0.257 e. The van der Waals surface area contributed by atoms with Crippen molar-refractivity contribution in [1.29, 1.82) is 0 Å². The standard InChI is InChI=1S/C7H6N4O/c12-7(10-3-1-8-5-10)11-4-2-9-6-11/h1-6H/i5D,6D. The lowest BCUT2D eigenvalue weighted by atomic mass is 10.8. The summed E-state index contributed by atoms with van der Waals surface area (Å²) in [6.07, 6.45) is 5.10. The molecule has 2 aromatic heterocycles. The van der Waals surface area contributed by atoms with Gasteiger partial charge in [-0.25, -0.2) is 14.8 Å². The first kappa shape index (κ1) is 4.87. The van der Waals surface area contributed by atoms with Gasteiger partial charge in [0.25, 0.3) is 0 Å². The summed E-state index contributed by atoms with van der Waals surface area (Å²) in [4.78, 5) is 18.8. The van der Waals surface area contributed by atoms with E-state index in [-0.39, 0.29) is 12.6 Å². The van der Waals surface area contributed by atoms with Crippen molar-refractivity contribution >= 4 is 6.03 Å². The molecule has 0 aliphatic rings. The molecule has 0 spiro atoms. The van der Waals surface area contributed by atoms with Gasteiger partial charge in [-0.3, -0.25) is 9.13 Å². The average molecular weight is 164 g/mol. The number of carbonyl (C=O) groups excluding carboxylic acids is 1. The first-order valence-corrected chi connectivity index (χ1v) is 3.25. The molecule has 12 heavy (non-hydrogen) atoms. The zero-order valence-corrected chi connectivity index (χ0v) is 6.01. The van der Waals surface area contributed by atoms with Crippen LogP contribution in [0.15, 0.2) is 37.4 Å². The fourth-order valence-corrected chi connectivity index (χ4v) is 0.787. The third-order valence-corrected chi connectivity index (χ3v) is 1.32. The van der Waals surface area contributed by atoms with E-state index in [1.165, 1.54) is 24.8 Å². The highest BCUT2D eigenvalue weighted by atomic mass is 16.2. The molecule has 0 atom stereocenters. The number of hydrogen-bond donors (Lipinski definition) is 0. The molecule has 0 aliphatic carbocycles. The van der Waals surface area contributed by atoms with E-state index in [1.54, 1.807) is 0 Å². The molecule has 0 saturated heterocycles. The van der Waals surface area contributed by atoms with Crippen molar-refractivity contribution in [3.8, 4) is 0 Å². The molecule has 0 saturated carbocycles. The molecule has 2 aromatic rings. The van der Waals surface area contributed by atoms with E-state index in [9.17, 15) is 4.79 Å². The van der Waals surface area contributed by atoms with Crippen molar-refractivity contribution in [3.05, 3.63) is 37.4 Å². The molecule has 0 amide bonds. The number of aromatic nitrogens is 4. The quantitative estimate of drug-likeness (QED) is 0.572. The summed E-state index contributed by atoms with van der Waals surface area (Å²) in [6, 6.07) is -0.532. The highest BCUT2D eigenvalue weighted by Crippen LogP contribution is 1.91. The number of carbonyl (C=O) groups is 1. The minimum atomic E-state index is -0.532. The maximum Gasteiger partial charge on any atom is 0.338 e. The lowest BCUT2D eigenvalue weighted by Gasteiger charge is -1.98. The van der Waals surface area contributed by atoms with Crippen molar-refractivity contribution in [3.63, 3.8) is 0 Å². The topological polar surface area (TPSA) is 52.7 Å². The highest BCUT2D eigenvalue weighted by molar-refractivity contribution is 5.78. The molecule has 0 fully saturated rings. The predicted octanol–water partition coefficient (Wildman–Crippen LogP) is 0.596. The Kier molecular flexibility index (Phi) is 1.06. The highest BCUT2D eigenvalue weighted by Gasteiger charge is 2.03. The van der Waals surface area contributed by atoms with E-state index in [4.69, 9.17) is 2.74 Å². The van der Waals surface area contributed by atoms with E-state index < -0.39 is 6.03 Å². The van der Waals surface area contributed by atoms with Crippen LogP contribution in [-0.2, 0) is 0 Å². The monoisotopic (exact) mass is 164 g/mol. The summed E-state index contributed by atoms with van der Waals surface area (Å²) in [7, 11) is 0. The van der Waals surface area contributed by atoms with Gasteiger partial charge < -0.3 is 0 Å². The Bertz CT molecular complexity index is 433. The van der Waals surface area contributed by atoms with Crippen LogP contribution in [0.1, 0.15) is 2.74 Å². The second kappa shape index (κ2) is 2.61. The van der Waals surface area contributed by atoms with Gasteiger partial charge in [0.2, 0.25) is 0 Å². The Morgan fingerprint density at radius 2 is 1.67 bits per heavy atom. The van der Waals surface area contributed by atoms with Gasteiger partial charge in [-0.1, -0.05) is 0 Å². The van der Waals surface area contributed by atoms with Gasteiger partial charge in [-0.2, -0.15) is 0 Å². The van der Waals surface area contributed by atoms with Gasteiger partial charge in [0.15, 0.2) is 0 Å². The van der Waals surface area contributed by atoms with E-state index >= 15 is 0 Å². The molecule has 0 unspecified atom stereocenters. The van der Waals surface area contributed by atoms with E-state index in [0.29, 0.717) is 0 Å². The Morgan fingerprint density at radius 1 is 1.17 bits per heavy atom. The lowest BCUT2D eigenvalue weighted by Crippen LogP contribution is -2.15. The number of nitrogens with zero attached hydrogens (tertiary/aromatic N) is 4. The minimum absolute atomic E-state index is 0.164. The molecule has 0 aliphatic heterocycles. The SMILES string of the molecule is [2H]c1nccn1C(=O)n1ccnc1[2H]. The van der Waals surface area contributed by atoms with E-state index in [0.717, 1.165) is 9.13 Å². The number of rotatable bonds is 0. The summed E-state index contributed by atoms with van der Waals surface area (Å²) in [5, 5.41) is 0. The average Bonchev–Trinajstić information content (AvgIpc) is 2.73. The van der Waals surface area contributed by atoms with Crippen molar-refractivity contribution in [1.82, 2.24) is 19.1 Å². The van der Waals surface area contributed by atoms with Crippen molar-refractivity contribution in [2.75, 3.05) is 0 Å². The lowest BCUT2D eigenvalue weighted by molar-refractivity contribution is 0.244. The van der Waals surface area contributed by atoms with Gasteiger partial charge in [-0.15, -0.1) is 0 Å². The third-order valence-electron chi connectivity index (χ3n) is 1.32. The number of hydrogen-bond acceptors (Lipinski definition) is 3. The fraction of sp³-hybridized carbons (Fsp3) is 0. The van der Waals surface area contributed by atoms with Crippen LogP contribution >= 0.6 is 0 Å². The van der Waals surface area contributed by atoms with Gasteiger partial charge in [0, 0.05) is 24.8 Å². The molecule has 0 radical (unpaired) electrons. The molecule has 0 aromatic carbocycles. The molecule has 60 valence electrons. The predicted molar refractivity (Wildman–Crippen MR) is 40.6 cm³/mol. The second-order valence-corrected chi connectivity index (χ2v) is 2.08. The zero-order valence-electron chi connectivity index (χ0n) is 8.01. The summed E-state index contributed by atoms with van der Waals surface area (Å²) >= 11 is 0. The normalized spacial score (nSPS) is 12.3. The summed E-state index contributed by atoms with van der Waals surface area (Å²) in [5.74, 6) is 0. The molecule has 2 rings (SSSR count). The second-order valence-electron chi connectivity index (χ2n) is 2.08. The van der Waals surface area contributed by atoms with Crippen molar-refractivity contribution in [2.45, 2.75) is 0 Å². The molecule has 0 N–H and O–H groups in total. The summed E-state index contributed by atoms with van der Waals surface area (Å²) in [5.41, 5.74) is 0. The van der Waals surface area contributed by atoms with Crippen LogP contribution in [0.3, 0.4) is 0 Å². The van der Waals surface area contributed by atoms with Gasteiger partial charge in [0.05, 0.1) is 0 Å². The Labute approximate surface area is 71.1 Å². The summed E-state index contributed by atoms with van der Waals surface area (Å²) < 4.78 is 16.6. The maximum absolute atomic E-state index is 11.6. The first-order valence-electron chi connectivity index (χ1n) is 4.25. The molecule has 2 heterocycles. The fourth-order valence-electron chi connectivity index (χ4n) is 0.787. The Morgan fingerprint density at radius 3 is 2.00 bits per heavy atom. The molecular formula is C7H6N4O.